The van der Waals surface area contributed by atoms with E-state index in [0.717, 1.165) is 29.7 Å². The Morgan fingerprint density at radius 2 is 1.85 bits per heavy atom. The predicted molar refractivity (Wildman–Crippen MR) is 132 cm³/mol. The second-order valence-electron chi connectivity index (χ2n) is 8.82. The van der Waals surface area contributed by atoms with E-state index in [1.807, 2.05) is 4.90 Å². The summed E-state index contributed by atoms with van der Waals surface area (Å²) in [6.45, 7) is 5.96. The molecule has 2 aromatic rings. The standard InChI is InChI=1S/C24H31N3O5S2/c1-3-32-24(29)22-19-10-9-17(2)15-20(19)33-23(22)25-21(28)16-26-11-13-27(14-12-26)34(30,31)18-7-5-4-6-8-18/h4-8,17H,3,9-16H2,1-2H3,(H,25,28)/t17-/m1/s1. The van der Waals surface area contributed by atoms with Gasteiger partial charge in [-0.2, -0.15) is 4.31 Å². The Morgan fingerprint density at radius 3 is 2.53 bits per heavy atom. The fraction of sp³-hybridized carbons (Fsp3) is 0.500. The van der Waals surface area contributed by atoms with Gasteiger partial charge in [-0.05, 0) is 49.8 Å². The van der Waals surface area contributed by atoms with Gasteiger partial charge in [-0.15, -0.1) is 11.3 Å². The number of esters is 1. The van der Waals surface area contributed by atoms with Gasteiger partial charge >= 0.3 is 5.97 Å². The number of fused-ring (bicyclic) bond motifs is 1. The quantitative estimate of drug-likeness (QED) is 0.581. The van der Waals surface area contributed by atoms with Crippen molar-refractivity contribution in [3.8, 4) is 0 Å². The molecule has 184 valence electrons. The molecular weight excluding hydrogens is 474 g/mol. The highest BCUT2D eigenvalue weighted by Crippen LogP contribution is 2.40. The molecule has 1 N–H and O–H groups in total. The monoisotopic (exact) mass is 505 g/mol. The highest BCUT2D eigenvalue weighted by molar-refractivity contribution is 7.89. The first-order valence-electron chi connectivity index (χ1n) is 11.7. The normalized spacial score (nSPS) is 19.4. The third-order valence-electron chi connectivity index (χ3n) is 6.32. The second-order valence-corrected chi connectivity index (χ2v) is 11.9. The van der Waals surface area contributed by atoms with E-state index in [9.17, 15) is 18.0 Å². The number of ether oxygens (including phenoxy) is 1. The largest absolute Gasteiger partial charge is 0.462 e. The summed E-state index contributed by atoms with van der Waals surface area (Å²) in [4.78, 5) is 28.9. The number of carbonyl (C=O) groups excluding carboxylic acids is 2. The van der Waals surface area contributed by atoms with Crippen LogP contribution in [0.3, 0.4) is 0 Å². The van der Waals surface area contributed by atoms with Gasteiger partial charge in [0.2, 0.25) is 15.9 Å². The van der Waals surface area contributed by atoms with Crippen LogP contribution in [0.25, 0.3) is 0 Å². The molecule has 4 rings (SSSR count). The van der Waals surface area contributed by atoms with Crippen molar-refractivity contribution in [2.75, 3.05) is 44.6 Å². The second kappa shape index (κ2) is 10.6. The first kappa shape index (κ1) is 24.8. The fourth-order valence-corrected chi connectivity index (χ4v) is 7.36. The Balaban J connectivity index is 1.39. The maximum absolute atomic E-state index is 12.9. The Bertz CT molecular complexity index is 1140. The van der Waals surface area contributed by atoms with E-state index in [2.05, 4.69) is 12.2 Å². The molecule has 1 fully saturated rings. The van der Waals surface area contributed by atoms with E-state index >= 15 is 0 Å². The molecular formula is C24H31N3O5S2. The van der Waals surface area contributed by atoms with Crippen LogP contribution in [0.4, 0.5) is 5.00 Å². The average Bonchev–Trinajstić information content (AvgIpc) is 3.16. The summed E-state index contributed by atoms with van der Waals surface area (Å²) in [6.07, 6.45) is 2.73. The lowest BCUT2D eigenvalue weighted by molar-refractivity contribution is -0.117. The van der Waals surface area contributed by atoms with Crippen LogP contribution in [0.15, 0.2) is 35.2 Å². The molecule has 0 radical (unpaired) electrons. The molecule has 0 bridgehead atoms. The Labute approximate surface area is 204 Å². The number of thiophene rings is 1. The van der Waals surface area contributed by atoms with Crippen LogP contribution >= 0.6 is 11.3 Å². The lowest BCUT2D eigenvalue weighted by Gasteiger charge is -2.33. The van der Waals surface area contributed by atoms with E-state index in [0.29, 0.717) is 42.7 Å². The van der Waals surface area contributed by atoms with Crippen LogP contribution in [-0.2, 0) is 32.4 Å². The van der Waals surface area contributed by atoms with Gasteiger partial charge in [0, 0.05) is 31.1 Å². The zero-order valence-corrected chi connectivity index (χ0v) is 21.2. The number of nitrogens with one attached hydrogen (secondary N) is 1. The number of rotatable bonds is 7. The van der Waals surface area contributed by atoms with Crippen molar-refractivity contribution in [3.63, 3.8) is 0 Å². The predicted octanol–water partition coefficient (Wildman–Crippen LogP) is 2.99. The molecule has 1 aromatic carbocycles. The first-order valence-corrected chi connectivity index (χ1v) is 13.9. The van der Waals surface area contributed by atoms with Crippen LogP contribution in [-0.4, -0.2) is 68.8 Å². The van der Waals surface area contributed by atoms with Gasteiger partial charge in [0.15, 0.2) is 0 Å². The molecule has 2 heterocycles. The van der Waals surface area contributed by atoms with Crippen molar-refractivity contribution in [3.05, 3.63) is 46.3 Å². The number of carbonyl (C=O) groups is 2. The van der Waals surface area contributed by atoms with Crippen LogP contribution < -0.4 is 5.32 Å². The molecule has 10 heteroatoms. The lowest BCUT2D eigenvalue weighted by Crippen LogP contribution is -2.50. The smallest absolute Gasteiger partial charge is 0.341 e. The number of anilines is 1. The van der Waals surface area contributed by atoms with E-state index < -0.39 is 10.0 Å². The van der Waals surface area contributed by atoms with E-state index in [1.165, 1.54) is 15.6 Å². The number of hydrogen-bond donors (Lipinski definition) is 1. The molecule has 0 spiro atoms. The molecule has 1 amide bonds. The molecule has 1 aromatic heterocycles. The Morgan fingerprint density at radius 1 is 1.15 bits per heavy atom. The first-order chi connectivity index (χ1) is 16.3. The Kier molecular flexibility index (Phi) is 7.71. The maximum Gasteiger partial charge on any atom is 0.341 e. The van der Waals surface area contributed by atoms with Crippen LogP contribution in [0.5, 0.6) is 0 Å². The molecule has 1 atom stereocenters. The van der Waals surface area contributed by atoms with Crippen molar-refractivity contribution in [1.82, 2.24) is 9.21 Å². The molecule has 1 aliphatic carbocycles. The summed E-state index contributed by atoms with van der Waals surface area (Å²) in [6, 6.07) is 8.39. The number of sulfonamides is 1. The number of amides is 1. The molecule has 1 aliphatic heterocycles. The van der Waals surface area contributed by atoms with Gasteiger partial charge in [0.25, 0.3) is 0 Å². The van der Waals surface area contributed by atoms with Crippen LogP contribution in [0.2, 0.25) is 0 Å². The molecule has 8 nitrogen and oxygen atoms in total. The van der Waals surface area contributed by atoms with Gasteiger partial charge in [0.1, 0.15) is 5.00 Å². The lowest BCUT2D eigenvalue weighted by atomic mass is 9.88. The summed E-state index contributed by atoms with van der Waals surface area (Å²) in [5.41, 5.74) is 1.51. The van der Waals surface area contributed by atoms with Crippen molar-refractivity contribution in [2.45, 2.75) is 38.0 Å². The molecule has 2 aliphatic rings. The summed E-state index contributed by atoms with van der Waals surface area (Å²) in [5.74, 6) is -0.0469. The third kappa shape index (κ3) is 5.35. The van der Waals surface area contributed by atoms with Gasteiger partial charge in [-0.25, -0.2) is 13.2 Å². The summed E-state index contributed by atoms with van der Waals surface area (Å²) >= 11 is 1.47. The topological polar surface area (TPSA) is 96.0 Å². The number of benzene rings is 1. The zero-order chi connectivity index (χ0) is 24.3. The van der Waals surface area contributed by atoms with Crippen molar-refractivity contribution >= 4 is 38.2 Å². The Hall–Kier alpha value is -2.27. The molecule has 0 saturated carbocycles. The minimum Gasteiger partial charge on any atom is -0.462 e. The van der Waals surface area contributed by atoms with Crippen molar-refractivity contribution < 1.29 is 22.7 Å². The van der Waals surface area contributed by atoms with E-state index in [1.54, 1.807) is 37.3 Å². The summed E-state index contributed by atoms with van der Waals surface area (Å²) in [5, 5.41) is 3.50. The van der Waals surface area contributed by atoms with E-state index in [4.69, 9.17) is 4.74 Å². The minimum atomic E-state index is -3.53. The third-order valence-corrected chi connectivity index (χ3v) is 9.41. The maximum atomic E-state index is 12.9. The number of hydrogen-bond acceptors (Lipinski definition) is 7. The van der Waals surface area contributed by atoms with E-state index in [-0.39, 0.29) is 29.9 Å². The highest BCUT2D eigenvalue weighted by atomic mass is 32.2. The van der Waals surface area contributed by atoms with Crippen LogP contribution in [0.1, 0.15) is 41.1 Å². The van der Waals surface area contributed by atoms with Gasteiger partial charge in [-0.3, -0.25) is 9.69 Å². The summed E-state index contributed by atoms with van der Waals surface area (Å²) in [7, 11) is -3.53. The van der Waals surface area contributed by atoms with Crippen LogP contribution in [0, 0.1) is 5.92 Å². The average molecular weight is 506 g/mol. The highest BCUT2D eigenvalue weighted by Gasteiger charge is 2.31. The molecule has 0 unspecified atom stereocenters. The van der Waals surface area contributed by atoms with Gasteiger partial charge in [0.05, 0.1) is 23.6 Å². The zero-order valence-electron chi connectivity index (χ0n) is 19.6. The fourth-order valence-electron chi connectivity index (χ4n) is 4.50. The molecule has 34 heavy (non-hydrogen) atoms. The SMILES string of the molecule is CCOC(=O)c1c(NC(=O)CN2CCN(S(=O)(=O)c3ccccc3)CC2)sc2c1CC[C@@H](C)C2. The number of nitrogens with zero attached hydrogens (tertiary/aromatic N) is 2. The minimum absolute atomic E-state index is 0.139. The number of piperazine rings is 1. The van der Waals surface area contributed by atoms with Crippen molar-refractivity contribution in [2.24, 2.45) is 5.92 Å². The van der Waals surface area contributed by atoms with Gasteiger partial charge in [-0.1, -0.05) is 25.1 Å². The van der Waals surface area contributed by atoms with Gasteiger partial charge < -0.3 is 10.1 Å². The van der Waals surface area contributed by atoms with Crippen molar-refractivity contribution in [1.29, 1.82) is 0 Å². The molecule has 1 saturated heterocycles. The summed E-state index contributed by atoms with van der Waals surface area (Å²) < 4.78 is 32.4.